The molecule has 118 valence electrons. The highest BCUT2D eigenvalue weighted by atomic mass is 16.5. The molecule has 0 amide bonds. The third-order valence-electron chi connectivity index (χ3n) is 5.30. The van der Waals surface area contributed by atoms with Crippen molar-refractivity contribution in [1.29, 1.82) is 0 Å². The predicted octanol–water partition coefficient (Wildman–Crippen LogP) is 1.86. The average Bonchev–Trinajstić information content (AvgIpc) is 2.74. The number of methoxy groups -OCH3 is 1. The van der Waals surface area contributed by atoms with Crippen molar-refractivity contribution in [2.75, 3.05) is 20.7 Å². The molecule has 4 atom stereocenters. The SMILES string of the molecule is COc1ccc2c3c1O[C@@H]1C[C@H](O)C=C[C@]31CC[N@+](C)([O-])C2. The van der Waals surface area contributed by atoms with E-state index in [1.165, 1.54) is 0 Å². The molecule has 3 aliphatic rings. The van der Waals surface area contributed by atoms with Gasteiger partial charge in [-0.1, -0.05) is 12.2 Å². The van der Waals surface area contributed by atoms with E-state index in [9.17, 15) is 10.3 Å². The van der Waals surface area contributed by atoms with E-state index in [-0.39, 0.29) is 16.2 Å². The van der Waals surface area contributed by atoms with Crippen LogP contribution in [0.1, 0.15) is 24.0 Å². The number of aliphatic hydroxyl groups excluding tert-OH is 1. The first-order valence-electron chi connectivity index (χ1n) is 7.75. The van der Waals surface area contributed by atoms with Gasteiger partial charge < -0.3 is 24.4 Å². The van der Waals surface area contributed by atoms with Crippen molar-refractivity contribution in [2.24, 2.45) is 0 Å². The van der Waals surface area contributed by atoms with Crippen LogP contribution in [-0.4, -0.2) is 42.7 Å². The van der Waals surface area contributed by atoms with Gasteiger partial charge in [-0.2, -0.15) is 0 Å². The number of hydrogen-bond acceptors (Lipinski definition) is 4. The second kappa shape index (κ2) is 4.47. The number of rotatable bonds is 1. The van der Waals surface area contributed by atoms with Gasteiger partial charge in [0.15, 0.2) is 11.5 Å². The molecule has 1 aromatic carbocycles. The van der Waals surface area contributed by atoms with Crippen molar-refractivity contribution >= 4 is 0 Å². The molecular formula is C17H21NO4. The maximum atomic E-state index is 12.7. The summed E-state index contributed by atoms with van der Waals surface area (Å²) in [7, 11) is 3.36. The molecule has 2 aliphatic heterocycles. The summed E-state index contributed by atoms with van der Waals surface area (Å²) in [5.74, 6) is 1.46. The van der Waals surface area contributed by atoms with Crippen molar-refractivity contribution in [3.05, 3.63) is 40.6 Å². The topological polar surface area (TPSA) is 61.8 Å². The van der Waals surface area contributed by atoms with E-state index in [1.54, 1.807) is 14.2 Å². The van der Waals surface area contributed by atoms with Gasteiger partial charge in [0.2, 0.25) is 0 Å². The maximum Gasteiger partial charge on any atom is 0.166 e. The average molecular weight is 303 g/mol. The fourth-order valence-corrected chi connectivity index (χ4v) is 4.19. The van der Waals surface area contributed by atoms with Crippen LogP contribution < -0.4 is 9.47 Å². The van der Waals surface area contributed by atoms with Crippen LogP contribution in [0.2, 0.25) is 0 Å². The fourth-order valence-electron chi connectivity index (χ4n) is 4.19. The molecule has 1 spiro atoms. The van der Waals surface area contributed by atoms with Crippen LogP contribution in [0.3, 0.4) is 0 Å². The lowest BCUT2D eigenvalue weighted by Gasteiger charge is -2.40. The third kappa shape index (κ3) is 1.82. The zero-order valence-electron chi connectivity index (χ0n) is 12.9. The lowest BCUT2D eigenvalue weighted by Crippen LogP contribution is -2.44. The highest BCUT2D eigenvalue weighted by molar-refractivity contribution is 5.60. The van der Waals surface area contributed by atoms with Gasteiger partial charge in [-0.3, -0.25) is 0 Å². The smallest absolute Gasteiger partial charge is 0.166 e. The molecule has 1 aromatic rings. The summed E-state index contributed by atoms with van der Waals surface area (Å²) in [5.41, 5.74) is 1.82. The summed E-state index contributed by atoms with van der Waals surface area (Å²) in [5, 5.41) is 22.6. The zero-order valence-corrected chi connectivity index (χ0v) is 12.9. The molecule has 0 fully saturated rings. The van der Waals surface area contributed by atoms with Gasteiger partial charge in [0.25, 0.3) is 0 Å². The quantitative estimate of drug-likeness (QED) is 0.489. The van der Waals surface area contributed by atoms with Crippen molar-refractivity contribution in [2.45, 2.75) is 37.0 Å². The van der Waals surface area contributed by atoms with Gasteiger partial charge in [0.05, 0.1) is 32.2 Å². The molecule has 0 unspecified atom stereocenters. The summed E-state index contributed by atoms with van der Waals surface area (Å²) >= 11 is 0. The summed E-state index contributed by atoms with van der Waals surface area (Å²) in [6, 6.07) is 3.87. The van der Waals surface area contributed by atoms with Crippen LogP contribution in [0.25, 0.3) is 0 Å². The number of nitrogens with zero attached hydrogens (tertiary/aromatic N) is 1. The molecular weight excluding hydrogens is 282 g/mol. The van der Waals surface area contributed by atoms with Crippen LogP contribution in [0.4, 0.5) is 0 Å². The minimum absolute atomic E-state index is 0.129. The minimum atomic E-state index is -0.490. The maximum absolute atomic E-state index is 12.7. The third-order valence-corrected chi connectivity index (χ3v) is 5.30. The standard InChI is InChI=1S/C17H21NO4/c1-18(20)8-7-17-6-5-12(19)9-14(17)22-16-13(21-2)4-3-11(10-18)15(16)17/h3-6,12,14,19H,7-10H2,1-2H3/t12-,14-,17-,18+/m1/s1. The molecule has 0 aromatic heterocycles. The van der Waals surface area contributed by atoms with Gasteiger partial charge in [0, 0.05) is 24.0 Å². The largest absolute Gasteiger partial charge is 0.633 e. The molecule has 2 heterocycles. The van der Waals surface area contributed by atoms with Crippen molar-refractivity contribution in [3.8, 4) is 11.5 Å². The van der Waals surface area contributed by atoms with Gasteiger partial charge in [-0.05, 0) is 12.1 Å². The Labute approximate surface area is 129 Å². The van der Waals surface area contributed by atoms with Crippen molar-refractivity contribution in [3.63, 3.8) is 0 Å². The first-order valence-corrected chi connectivity index (χ1v) is 7.75. The van der Waals surface area contributed by atoms with Gasteiger partial charge >= 0.3 is 0 Å². The van der Waals surface area contributed by atoms with Gasteiger partial charge in [0.1, 0.15) is 12.6 Å². The monoisotopic (exact) mass is 303 g/mol. The molecule has 4 rings (SSSR count). The number of benzene rings is 1. The highest BCUT2D eigenvalue weighted by Crippen LogP contribution is 2.56. The molecule has 5 nitrogen and oxygen atoms in total. The molecule has 0 saturated carbocycles. The first kappa shape index (κ1) is 14.1. The summed E-state index contributed by atoms with van der Waals surface area (Å²) in [6.07, 6.45) is 4.57. The Morgan fingerprint density at radius 1 is 1.45 bits per heavy atom. The van der Waals surface area contributed by atoms with Crippen LogP contribution in [0, 0.1) is 5.21 Å². The van der Waals surface area contributed by atoms with Crippen LogP contribution in [-0.2, 0) is 12.0 Å². The van der Waals surface area contributed by atoms with Gasteiger partial charge in [-0.15, -0.1) is 0 Å². The zero-order chi connectivity index (χ0) is 15.5. The van der Waals surface area contributed by atoms with Crippen LogP contribution >= 0.6 is 0 Å². The van der Waals surface area contributed by atoms with Crippen LogP contribution in [0.15, 0.2) is 24.3 Å². The molecule has 22 heavy (non-hydrogen) atoms. The minimum Gasteiger partial charge on any atom is -0.633 e. The summed E-state index contributed by atoms with van der Waals surface area (Å²) in [6.45, 7) is 0.983. The number of ether oxygens (including phenoxy) is 2. The fraction of sp³-hybridized carbons (Fsp3) is 0.529. The van der Waals surface area contributed by atoms with Crippen LogP contribution in [0.5, 0.6) is 11.5 Å². The second-order valence-corrected chi connectivity index (χ2v) is 6.87. The Kier molecular flexibility index (Phi) is 2.86. The Bertz CT molecular complexity index is 654. The molecule has 0 bridgehead atoms. The summed E-state index contributed by atoms with van der Waals surface area (Å²) < 4.78 is 11.4. The Morgan fingerprint density at radius 2 is 2.27 bits per heavy atom. The lowest BCUT2D eigenvalue weighted by atomic mass is 9.69. The Hall–Kier alpha value is -1.56. The molecule has 0 saturated heterocycles. The normalized spacial score (nSPS) is 38.7. The summed E-state index contributed by atoms with van der Waals surface area (Å²) in [4.78, 5) is 0. The van der Waals surface area contributed by atoms with Crippen molar-refractivity contribution in [1.82, 2.24) is 0 Å². The van der Waals surface area contributed by atoms with E-state index in [0.29, 0.717) is 25.3 Å². The number of hydroxylamine groups is 3. The number of quaternary nitrogens is 1. The molecule has 5 heteroatoms. The molecule has 1 aliphatic carbocycles. The number of aliphatic hydroxyl groups is 1. The Morgan fingerprint density at radius 3 is 3.05 bits per heavy atom. The molecule has 1 N–H and O–H groups in total. The Balaban J connectivity index is 1.96. The number of hydrogen-bond donors (Lipinski definition) is 1. The lowest BCUT2D eigenvalue weighted by molar-refractivity contribution is -0.874. The first-order chi connectivity index (χ1) is 10.5. The van der Waals surface area contributed by atoms with E-state index in [0.717, 1.165) is 23.3 Å². The van der Waals surface area contributed by atoms with E-state index in [1.807, 2.05) is 18.2 Å². The second-order valence-electron chi connectivity index (χ2n) is 6.87. The highest BCUT2D eigenvalue weighted by Gasteiger charge is 2.53. The van der Waals surface area contributed by atoms with Crippen molar-refractivity contribution < 1.29 is 19.2 Å². The van der Waals surface area contributed by atoms with E-state index in [2.05, 4.69) is 6.08 Å². The van der Waals surface area contributed by atoms with E-state index < -0.39 is 6.10 Å². The van der Waals surface area contributed by atoms with E-state index in [4.69, 9.17) is 9.47 Å². The van der Waals surface area contributed by atoms with Gasteiger partial charge in [-0.25, -0.2) is 0 Å². The predicted molar refractivity (Wildman–Crippen MR) is 81.6 cm³/mol. The molecule has 0 radical (unpaired) electrons. The van der Waals surface area contributed by atoms with E-state index >= 15 is 0 Å².